The molecular formula is C5H7F3O2. The van der Waals surface area contributed by atoms with E-state index in [9.17, 15) is 13.2 Å². The van der Waals surface area contributed by atoms with Crippen LogP contribution in [0.1, 0.15) is 0 Å². The third kappa shape index (κ3) is 7.29. The highest BCUT2D eigenvalue weighted by Gasteiger charge is 2.22. The summed E-state index contributed by atoms with van der Waals surface area (Å²) in [6.07, 6.45) is -3.87. The minimum atomic E-state index is -4.34. The van der Waals surface area contributed by atoms with E-state index in [4.69, 9.17) is 5.11 Å². The normalized spacial score (nSPS) is 12.4. The number of ether oxygens (including phenoxy) is 1. The van der Waals surface area contributed by atoms with Gasteiger partial charge in [0.25, 0.3) is 0 Å². The number of halogens is 3. The van der Waals surface area contributed by atoms with Crippen LogP contribution in [0.2, 0.25) is 0 Å². The zero-order valence-electron chi connectivity index (χ0n) is 5.06. The second-order valence-electron chi connectivity index (χ2n) is 1.44. The number of alkyl halides is 3. The summed E-state index contributed by atoms with van der Waals surface area (Å²) in [5.41, 5.74) is 0. The lowest BCUT2D eigenvalue weighted by molar-refractivity contribution is -0.0817. The standard InChI is InChI=1S/C5H7F3O2/c6-5(7,8)1-3-10-4-2-9/h1,3,9H,2,4H2/b3-1+. The van der Waals surface area contributed by atoms with E-state index < -0.39 is 6.18 Å². The van der Waals surface area contributed by atoms with Gasteiger partial charge in [-0.3, -0.25) is 0 Å². The Kier molecular flexibility index (Phi) is 3.87. The molecule has 0 aliphatic carbocycles. The molecular weight excluding hydrogens is 149 g/mol. The summed E-state index contributed by atoms with van der Waals surface area (Å²) in [6, 6.07) is 0. The van der Waals surface area contributed by atoms with Crippen LogP contribution in [0, 0.1) is 0 Å². The van der Waals surface area contributed by atoms with Gasteiger partial charge in [-0.2, -0.15) is 13.2 Å². The predicted molar refractivity (Wildman–Crippen MR) is 28.2 cm³/mol. The van der Waals surface area contributed by atoms with Crippen molar-refractivity contribution in [1.29, 1.82) is 0 Å². The van der Waals surface area contributed by atoms with E-state index in [1.54, 1.807) is 0 Å². The van der Waals surface area contributed by atoms with Gasteiger partial charge < -0.3 is 9.84 Å². The largest absolute Gasteiger partial charge is 0.499 e. The zero-order valence-corrected chi connectivity index (χ0v) is 5.06. The molecule has 0 rings (SSSR count). The SMILES string of the molecule is OCCO/C=C/C(F)(F)F. The fourth-order valence-electron chi connectivity index (χ4n) is 0.246. The van der Waals surface area contributed by atoms with Crippen molar-refractivity contribution in [3.63, 3.8) is 0 Å². The van der Waals surface area contributed by atoms with Crippen LogP contribution in [0.4, 0.5) is 13.2 Å². The van der Waals surface area contributed by atoms with Crippen molar-refractivity contribution in [1.82, 2.24) is 0 Å². The molecule has 0 heterocycles. The maximum Gasteiger partial charge on any atom is 0.412 e. The van der Waals surface area contributed by atoms with Crippen LogP contribution in [0.3, 0.4) is 0 Å². The van der Waals surface area contributed by atoms with E-state index in [-0.39, 0.29) is 19.3 Å². The van der Waals surface area contributed by atoms with E-state index in [1.807, 2.05) is 0 Å². The van der Waals surface area contributed by atoms with Crippen LogP contribution in [0.15, 0.2) is 12.3 Å². The summed E-state index contributed by atoms with van der Waals surface area (Å²) in [4.78, 5) is 0. The van der Waals surface area contributed by atoms with Crippen molar-refractivity contribution in [3.8, 4) is 0 Å². The molecule has 0 aromatic heterocycles. The van der Waals surface area contributed by atoms with Crippen LogP contribution >= 0.6 is 0 Å². The van der Waals surface area contributed by atoms with Crippen LogP contribution in [-0.2, 0) is 4.74 Å². The van der Waals surface area contributed by atoms with Gasteiger partial charge in [0.1, 0.15) is 6.61 Å². The van der Waals surface area contributed by atoms with E-state index in [0.29, 0.717) is 6.26 Å². The van der Waals surface area contributed by atoms with Crippen LogP contribution in [0.5, 0.6) is 0 Å². The molecule has 0 aliphatic heterocycles. The fourth-order valence-corrected chi connectivity index (χ4v) is 0.246. The molecule has 60 valence electrons. The van der Waals surface area contributed by atoms with Gasteiger partial charge in [-0.05, 0) is 0 Å². The van der Waals surface area contributed by atoms with Crippen molar-refractivity contribution in [3.05, 3.63) is 12.3 Å². The number of rotatable bonds is 3. The van der Waals surface area contributed by atoms with Crippen molar-refractivity contribution in [2.75, 3.05) is 13.2 Å². The maximum atomic E-state index is 11.3. The van der Waals surface area contributed by atoms with Crippen molar-refractivity contribution in [2.24, 2.45) is 0 Å². The maximum absolute atomic E-state index is 11.3. The average Bonchev–Trinajstić information content (AvgIpc) is 1.78. The quantitative estimate of drug-likeness (QED) is 0.489. The number of aliphatic hydroxyl groups is 1. The molecule has 5 heteroatoms. The van der Waals surface area contributed by atoms with Crippen LogP contribution < -0.4 is 0 Å². The summed E-state index contributed by atoms with van der Waals surface area (Å²) in [6.45, 7) is -0.408. The van der Waals surface area contributed by atoms with Gasteiger partial charge >= 0.3 is 6.18 Å². The smallest absolute Gasteiger partial charge is 0.412 e. The Bertz CT molecular complexity index is 108. The number of hydrogen-bond acceptors (Lipinski definition) is 2. The molecule has 0 atom stereocenters. The predicted octanol–water partition coefficient (Wildman–Crippen LogP) is 1.07. The Morgan fingerprint density at radius 2 is 2.00 bits per heavy atom. The molecule has 0 unspecified atom stereocenters. The summed E-state index contributed by atoms with van der Waals surface area (Å²) in [5, 5.41) is 8.06. The second-order valence-corrected chi connectivity index (χ2v) is 1.44. The third-order valence-corrected chi connectivity index (χ3v) is 0.562. The van der Waals surface area contributed by atoms with Gasteiger partial charge in [-0.15, -0.1) is 0 Å². The lowest BCUT2D eigenvalue weighted by Gasteiger charge is -1.98. The fraction of sp³-hybridized carbons (Fsp3) is 0.600. The zero-order chi connectivity index (χ0) is 8.04. The topological polar surface area (TPSA) is 29.5 Å². The molecule has 10 heavy (non-hydrogen) atoms. The highest BCUT2D eigenvalue weighted by molar-refractivity contribution is 4.82. The Morgan fingerprint density at radius 1 is 1.40 bits per heavy atom. The van der Waals surface area contributed by atoms with Crippen LogP contribution in [-0.4, -0.2) is 24.5 Å². The van der Waals surface area contributed by atoms with Gasteiger partial charge in [0.2, 0.25) is 0 Å². The molecule has 0 aliphatic rings. The lowest BCUT2D eigenvalue weighted by atomic mass is 10.6. The van der Waals surface area contributed by atoms with Crippen molar-refractivity contribution in [2.45, 2.75) is 6.18 Å². The van der Waals surface area contributed by atoms with Crippen LogP contribution in [0.25, 0.3) is 0 Å². The van der Waals surface area contributed by atoms with E-state index in [1.165, 1.54) is 0 Å². The summed E-state index contributed by atoms with van der Waals surface area (Å²) < 4.78 is 38.0. The number of hydrogen-bond donors (Lipinski definition) is 1. The minimum absolute atomic E-state index is 0.0390. The van der Waals surface area contributed by atoms with Crippen molar-refractivity contribution < 1.29 is 23.0 Å². The first kappa shape index (κ1) is 9.29. The average molecular weight is 156 g/mol. The monoisotopic (exact) mass is 156 g/mol. The van der Waals surface area contributed by atoms with Crippen molar-refractivity contribution >= 4 is 0 Å². The molecule has 2 nitrogen and oxygen atoms in total. The molecule has 0 radical (unpaired) electrons. The number of allylic oxidation sites excluding steroid dienone is 1. The Labute approximate surface area is 55.9 Å². The molecule has 0 saturated heterocycles. The van der Waals surface area contributed by atoms with E-state index in [2.05, 4.69) is 4.74 Å². The third-order valence-electron chi connectivity index (χ3n) is 0.562. The molecule has 0 spiro atoms. The molecule has 0 aromatic rings. The van der Waals surface area contributed by atoms with Gasteiger partial charge in [-0.1, -0.05) is 0 Å². The lowest BCUT2D eigenvalue weighted by Crippen LogP contribution is -2.02. The Balaban J connectivity index is 3.37. The summed E-state index contributed by atoms with van der Waals surface area (Å²) in [7, 11) is 0. The molecule has 1 N–H and O–H groups in total. The number of aliphatic hydroxyl groups excluding tert-OH is 1. The second kappa shape index (κ2) is 4.16. The Morgan fingerprint density at radius 3 is 2.40 bits per heavy atom. The molecule has 0 saturated carbocycles. The van der Waals surface area contributed by atoms with Gasteiger partial charge in [0.15, 0.2) is 0 Å². The summed E-state index contributed by atoms with van der Waals surface area (Å²) >= 11 is 0. The first-order valence-corrected chi connectivity index (χ1v) is 2.53. The highest BCUT2D eigenvalue weighted by atomic mass is 19.4. The van der Waals surface area contributed by atoms with Gasteiger partial charge in [0.05, 0.1) is 18.9 Å². The van der Waals surface area contributed by atoms with Gasteiger partial charge in [-0.25, -0.2) is 0 Å². The molecule has 0 fully saturated rings. The highest BCUT2D eigenvalue weighted by Crippen LogP contribution is 2.15. The first-order valence-electron chi connectivity index (χ1n) is 2.53. The molecule has 0 bridgehead atoms. The molecule has 0 amide bonds. The molecule has 0 aromatic carbocycles. The Hall–Kier alpha value is -0.710. The van der Waals surface area contributed by atoms with E-state index in [0.717, 1.165) is 0 Å². The van der Waals surface area contributed by atoms with Gasteiger partial charge in [0, 0.05) is 0 Å². The van der Waals surface area contributed by atoms with E-state index >= 15 is 0 Å². The first-order chi connectivity index (χ1) is 4.56. The minimum Gasteiger partial charge on any atom is -0.499 e. The summed E-state index contributed by atoms with van der Waals surface area (Å²) in [5.74, 6) is 0.